The molecule has 0 radical (unpaired) electrons. The number of Topliss-reactive ketones (excluding diaryl/α,β-unsaturated/α-hetero) is 1. The summed E-state index contributed by atoms with van der Waals surface area (Å²) < 4.78 is 0. The first-order valence-corrected chi connectivity index (χ1v) is 5.11. The topological polar surface area (TPSA) is 54.4 Å². The van der Waals surface area contributed by atoms with Crippen LogP contribution in [0.15, 0.2) is 36.4 Å². The normalized spacial score (nSPS) is 10.6. The quantitative estimate of drug-likeness (QED) is 0.738. The second-order valence-corrected chi connectivity index (χ2v) is 3.41. The number of aliphatic hydroxyl groups excluding tert-OH is 1. The number of carbonyl (C=O) groups is 2. The lowest BCUT2D eigenvalue weighted by molar-refractivity contribution is -0.124. The van der Waals surface area contributed by atoms with Gasteiger partial charge in [-0.05, 0) is 11.6 Å². The summed E-state index contributed by atoms with van der Waals surface area (Å²) in [5.41, 5.74) is 0.948. The summed E-state index contributed by atoms with van der Waals surface area (Å²) in [5.74, 6) is -0.410. The van der Waals surface area contributed by atoms with Crippen molar-refractivity contribution in [3.05, 3.63) is 42.0 Å². The molecule has 0 aliphatic heterocycles. The average Bonchev–Trinajstić information content (AvgIpc) is 2.34. The Morgan fingerprint density at radius 2 is 1.81 bits per heavy atom. The average molecular weight is 218 g/mol. The van der Waals surface area contributed by atoms with E-state index in [0.717, 1.165) is 5.56 Å². The van der Waals surface area contributed by atoms with E-state index in [2.05, 4.69) is 0 Å². The summed E-state index contributed by atoms with van der Waals surface area (Å²) in [6, 6.07) is 9.46. The van der Waals surface area contributed by atoms with E-state index in [1.807, 2.05) is 30.3 Å². The third kappa shape index (κ3) is 4.66. The molecule has 1 aromatic carbocycles. The smallest absolute Gasteiger partial charge is 0.158 e. The van der Waals surface area contributed by atoms with Gasteiger partial charge in [-0.25, -0.2) is 0 Å². The van der Waals surface area contributed by atoms with E-state index in [0.29, 0.717) is 0 Å². The standard InChI is InChI=1S/C13H14O3/c14-10-13(16)9-8-12(15)7-6-11-4-2-1-3-5-11/h1-7,14H,8-10H2/b7-6+. The minimum Gasteiger partial charge on any atom is -0.389 e. The first-order valence-electron chi connectivity index (χ1n) is 5.11. The highest BCUT2D eigenvalue weighted by molar-refractivity contribution is 5.96. The number of carbonyl (C=O) groups excluding carboxylic acids is 2. The molecule has 0 aliphatic rings. The van der Waals surface area contributed by atoms with Crippen LogP contribution in [-0.2, 0) is 9.59 Å². The molecule has 0 spiro atoms. The van der Waals surface area contributed by atoms with Crippen LogP contribution in [0.2, 0.25) is 0 Å². The zero-order valence-electron chi connectivity index (χ0n) is 8.93. The van der Waals surface area contributed by atoms with Crippen molar-refractivity contribution in [1.29, 1.82) is 0 Å². The monoisotopic (exact) mass is 218 g/mol. The van der Waals surface area contributed by atoms with Crippen molar-refractivity contribution in [2.45, 2.75) is 12.8 Å². The van der Waals surface area contributed by atoms with Crippen molar-refractivity contribution >= 4 is 17.6 Å². The van der Waals surface area contributed by atoms with Crippen LogP contribution in [0.5, 0.6) is 0 Å². The van der Waals surface area contributed by atoms with Gasteiger partial charge in [-0.15, -0.1) is 0 Å². The van der Waals surface area contributed by atoms with Crippen LogP contribution in [0.1, 0.15) is 18.4 Å². The first-order chi connectivity index (χ1) is 7.72. The van der Waals surface area contributed by atoms with E-state index in [-0.39, 0.29) is 24.4 Å². The molecule has 0 aromatic heterocycles. The molecule has 0 bridgehead atoms. The Labute approximate surface area is 94.4 Å². The van der Waals surface area contributed by atoms with Gasteiger partial charge in [0.1, 0.15) is 6.61 Å². The molecule has 3 nitrogen and oxygen atoms in total. The molecule has 1 rings (SSSR count). The van der Waals surface area contributed by atoms with E-state index in [9.17, 15) is 9.59 Å². The van der Waals surface area contributed by atoms with Gasteiger partial charge >= 0.3 is 0 Å². The van der Waals surface area contributed by atoms with Crippen LogP contribution in [0.25, 0.3) is 6.08 Å². The molecule has 0 heterocycles. The third-order valence-corrected chi connectivity index (χ3v) is 2.09. The van der Waals surface area contributed by atoms with Crippen molar-refractivity contribution in [1.82, 2.24) is 0 Å². The Kier molecular flexibility index (Phi) is 5.16. The van der Waals surface area contributed by atoms with Gasteiger partial charge in [-0.3, -0.25) is 9.59 Å². The van der Waals surface area contributed by atoms with Gasteiger partial charge in [0.05, 0.1) is 0 Å². The highest BCUT2D eigenvalue weighted by Gasteiger charge is 2.02. The van der Waals surface area contributed by atoms with Crippen molar-refractivity contribution in [2.75, 3.05) is 6.61 Å². The van der Waals surface area contributed by atoms with Crippen LogP contribution >= 0.6 is 0 Å². The largest absolute Gasteiger partial charge is 0.389 e. The molecule has 0 amide bonds. The minimum atomic E-state index is -0.490. The van der Waals surface area contributed by atoms with E-state index in [4.69, 9.17) is 5.11 Å². The summed E-state index contributed by atoms with van der Waals surface area (Å²) in [6.45, 7) is -0.490. The van der Waals surface area contributed by atoms with Crippen molar-refractivity contribution in [3.8, 4) is 0 Å². The van der Waals surface area contributed by atoms with Gasteiger partial charge in [-0.1, -0.05) is 36.4 Å². The molecular formula is C13H14O3. The molecule has 84 valence electrons. The highest BCUT2D eigenvalue weighted by Crippen LogP contribution is 2.02. The Morgan fingerprint density at radius 3 is 2.44 bits per heavy atom. The molecule has 1 N–H and O–H groups in total. The lowest BCUT2D eigenvalue weighted by atomic mass is 10.1. The Hall–Kier alpha value is -1.74. The molecule has 1 aromatic rings. The van der Waals surface area contributed by atoms with Crippen molar-refractivity contribution < 1.29 is 14.7 Å². The molecule has 16 heavy (non-hydrogen) atoms. The summed E-state index contributed by atoms with van der Waals surface area (Å²) in [4.78, 5) is 22.1. The van der Waals surface area contributed by atoms with Gasteiger partial charge in [0.15, 0.2) is 11.6 Å². The molecular weight excluding hydrogens is 204 g/mol. The predicted molar refractivity (Wildman–Crippen MR) is 61.8 cm³/mol. The number of hydrogen-bond donors (Lipinski definition) is 1. The molecule has 0 unspecified atom stereocenters. The third-order valence-electron chi connectivity index (χ3n) is 2.09. The van der Waals surface area contributed by atoms with Crippen LogP contribution < -0.4 is 0 Å². The molecule has 0 saturated carbocycles. The number of ketones is 2. The lowest BCUT2D eigenvalue weighted by Crippen LogP contribution is -2.05. The van der Waals surface area contributed by atoms with Crippen LogP contribution in [0, 0.1) is 0 Å². The molecule has 3 heteroatoms. The van der Waals surface area contributed by atoms with E-state index >= 15 is 0 Å². The fourth-order valence-electron chi connectivity index (χ4n) is 1.18. The first kappa shape index (κ1) is 12.3. The van der Waals surface area contributed by atoms with Gasteiger partial charge in [0.25, 0.3) is 0 Å². The number of hydrogen-bond acceptors (Lipinski definition) is 3. The zero-order valence-corrected chi connectivity index (χ0v) is 8.93. The van der Waals surface area contributed by atoms with Crippen molar-refractivity contribution in [3.63, 3.8) is 0 Å². The maximum Gasteiger partial charge on any atom is 0.158 e. The van der Waals surface area contributed by atoms with Gasteiger partial charge < -0.3 is 5.11 Å². The number of benzene rings is 1. The number of aliphatic hydroxyl groups is 1. The number of rotatable bonds is 6. The Bertz CT molecular complexity index is 379. The Morgan fingerprint density at radius 1 is 1.12 bits per heavy atom. The maximum absolute atomic E-state index is 11.3. The van der Waals surface area contributed by atoms with Crippen LogP contribution in [0.4, 0.5) is 0 Å². The molecule has 0 atom stereocenters. The zero-order chi connectivity index (χ0) is 11.8. The highest BCUT2D eigenvalue weighted by atomic mass is 16.3. The van der Waals surface area contributed by atoms with Gasteiger partial charge in [0.2, 0.25) is 0 Å². The predicted octanol–water partition coefficient (Wildman–Crippen LogP) is 1.61. The minimum absolute atomic E-state index is 0.106. The summed E-state index contributed by atoms with van der Waals surface area (Å²) in [6.07, 6.45) is 3.43. The Balaban J connectivity index is 2.40. The van der Waals surface area contributed by atoms with Gasteiger partial charge in [-0.2, -0.15) is 0 Å². The fourth-order valence-corrected chi connectivity index (χ4v) is 1.18. The van der Waals surface area contributed by atoms with Crippen molar-refractivity contribution in [2.24, 2.45) is 0 Å². The van der Waals surface area contributed by atoms with E-state index in [1.54, 1.807) is 6.08 Å². The summed E-state index contributed by atoms with van der Waals surface area (Å²) >= 11 is 0. The van der Waals surface area contributed by atoms with Crippen LogP contribution in [0.3, 0.4) is 0 Å². The van der Waals surface area contributed by atoms with Crippen LogP contribution in [-0.4, -0.2) is 23.3 Å². The second kappa shape index (κ2) is 6.69. The fraction of sp³-hybridized carbons (Fsp3) is 0.231. The van der Waals surface area contributed by atoms with E-state index in [1.165, 1.54) is 6.08 Å². The molecule has 0 saturated heterocycles. The lowest BCUT2D eigenvalue weighted by Gasteiger charge is -1.94. The molecule has 0 fully saturated rings. The summed E-state index contributed by atoms with van der Waals surface area (Å²) in [7, 11) is 0. The second-order valence-electron chi connectivity index (χ2n) is 3.41. The summed E-state index contributed by atoms with van der Waals surface area (Å²) in [5, 5.41) is 8.48. The van der Waals surface area contributed by atoms with E-state index < -0.39 is 6.61 Å². The number of allylic oxidation sites excluding steroid dienone is 1. The molecule has 0 aliphatic carbocycles. The maximum atomic E-state index is 11.3. The SMILES string of the molecule is O=C(/C=C/c1ccccc1)CCC(=O)CO. The van der Waals surface area contributed by atoms with Gasteiger partial charge in [0, 0.05) is 12.8 Å².